The molecule has 0 bridgehead atoms. The number of anilines is 3. The fraction of sp³-hybridized carbons (Fsp3) is 0.164. The second-order valence-electron chi connectivity index (χ2n) is 18.1. The monoisotopic (exact) mass is 751 g/mol. The molecule has 2 aliphatic carbocycles. The molecule has 0 atom stereocenters. The molecular formula is C55H45NS. The molecule has 0 N–H and O–H groups in total. The first-order valence-corrected chi connectivity index (χ1v) is 21.1. The summed E-state index contributed by atoms with van der Waals surface area (Å²) in [4.78, 5) is 2.49. The number of benzene rings is 8. The van der Waals surface area contributed by atoms with Crippen molar-refractivity contribution in [2.75, 3.05) is 4.90 Å². The molecule has 9 aromatic rings. The van der Waals surface area contributed by atoms with E-state index in [1.807, 2.05) is 11.3 Å². The zero-order valence-electron chi connectivity index (χ0n) is 33.4. The van der Waals surface area contributed by atoms with Crippen molar-refractivity contribution in [2.45, 2.75) is 57.8 Å². The average Bonchev–Trinajstić information content (AvgIpc) is 3.74. The Morgan fingerprint density at radius 2 is 0.947 bits per heavy atom. The molecule has 1 spiro atoms. The van der Waals surface area contributed by atoms with Crippen LogP contribution < -0.4 is 4.90 Å². The predicted molar refractivity (Wildman–Crippen MR) is 245 cm³/mol. The van der Waals surface area contributed by atoms with E-state index in [2.05, 4.69) is 210 Å². The standard InChI is InChI=1S/C55H45NS/c1-53(2,3)34-22-26-36(27-23-34)56(37-28-24-35(25-29-37)54(4,5)6)47-32-30-42-50-40(47)17-13-20-45(50)55(43-18-10-7-14-38(43)39-15-8-11-19-44(39)55)46-31-33-49-52(51(42)46)41-16-9-12-21-48(41)57-49/h7-33H,1-6H3. The second-order valence-corrected chi connectivity index (χ2v) is 19.2. The van der Waals surface area contributed by atoms with Gasteiger partial charge in [0.2, 0.25) is 0 Å². The molecular weight excluding hydrogens is 707 g/mol. The van der Waals surface area contributed by atoms with Crippen LogP contribution in [0.5, 0.6) is 0 Å². The molecule has 1 heterocycles. The molecule has 8 aromatic carbocycles. The van der Waals surface area contributed by atoms with Crippen LogP contribution in [-0.4, -0.2) is 0 Å². The molecule has 0 fully saturated rings. The van der Waals surface area contributed by atoms with Gasteiger partial charge in [0.1, 0.15) is 0 Å². The van der Waals surface area contributed by atoms with E-state index >= 15 is 0 Å². The lowest BCUT2D eigenvalue weighted by Crippen LogP contribution is -2.32. The van der Waals surface area contributed by atoms with E-state index in [9.17, 15) is 0 Å². The summed E-state index contributed by atoms with van der Waals surface area (Å²) in [6.07, 6.45) is 0. The van der Waals surface area contributed by atoms with Crippen molar-refractivity contribution < 1.29 is 0 Å². The highest BCUT2D eigenvalue weighted by Crippen LogP contribution is 2.64. The van der Waals surface area contributed by atoms with E-state index in [4.69, 9.17) is 0 Å². The summed E-state index contributed by atoms with van der Waals surface area (Å²) >= 11 is 1.91. The Morgan fingerprint density at radius 3 is 1.56 bits per heavy atom. The minimum absolute atomic E-state index is 0.0602. The van der Waals surface area contributed by atoms with Crippen LogP contribution in [-0.2, 0) is 16.2 Å². The van der Waals surface area contributed by atoms with Crippen molar-refractivity contribution in [3.8, 4) is 22.3 Å². The Kier molecular flexibility index (Phi) is 7.24. The maximum atomic E-state index is 2.49. The van der Waals surface area contributed by atoms with Crippen LogP contribution in [0.2, 0.25) is 0 Å². The Labute approximate surface area is 339 Å². The zero-order valence-corrected chi connectivity index (χ0v) is 34.3. The van der Waals surface area contributed by atoms with Crippen LogP contribution in [0.1, 0.15) is 74.9 Å². The number of nitrogens with zero attached hydrogens (tertiary/aromatic N) is 1. The molecule has 0 saturated carbocycles. The number of hydrogen-bond acceptors (Lipinski definition) is 2. The summed E-state index contributed by atoms with van der Waals surface area (Å²) in [5.74, 6) is 0. The Morgan fingerprint density at radius 1 is 0.404 bits per heavy atom. The predicted octanol–water partition coefficient (Wildman–Crippen LogP) is 15.6. The van der Waals surface area contributed by atoms with Crippen LogP contribution in [0.3, 0.4) is 0 Å². The summed E-state index contributed by atoms with van der Waals surface area (Å²) in [7, 11) is 0. The van der Waals surface area contributed by atoms with Crippen molar-refractivity contribution in [1.82, 2.24) is 0 Å². The lowest BCUT2D eigenvalue weighted by Gasteiger charge is -2.41. The molecule has 0 unspecified atom stereocenters. The van der Waals surface area contributed by atoms with E-state index in [1.54, 1.807) is 0 Å². The van der Waals surface area contributed by atoms with Crippen LogP contribution in [0.15, 0.2) is 164 Å². The molecule has 1 nitrogen and oxygen atoms in total. The molecule has 2 aliphatic rings. The summed E-state index contributed by atoms with van der Waals surface area (Å²) in [6.45, 7) is 13.7. The lowest BCUT2D eigenvalue weighted by molar-refractivity contribution is 0.590. The van der Waals surface area contributed by atoms with Gasteiger partial charge in [-0.05, 0) is 114 Å². The van der Waals surface area contributed by atoms with Gasteiger partial charge in [0.05, 0.1) is 11.1 Å². The first-order valence-electron chi connectivity index (χ1n) is 20.3. The smallest absolute Gasteiger partial charge is 0.0726 e. The summed E-state index contributed by atoms with van der Waals surface area (Å²) in [5, 5.41) is 5.29. The normalized spacial score (nSPS) is 13.9. The Bertz CT molecular complexity index is 2970. The molecule has 57 heavy (non-hydrogen) atoms. The Hall–Kier alpha value is -5.96. The fourth-order valence-corrected chi connectivity index (χ4v) is 11.2. The quantitative estimate of drug-likeness (QED) is 0.174. The third kappa shape index (κ3) is 4.80. The third-order valence-electron chi connectivity index (χ3n) is 12.8. The van der Waals surface area contributed by atoms with Crippen LogP contribution in [0.25, 0.3) is 53.2 Å². The van der Waals surface area contributed by atoms with Gasteiger partial charge in [-0.25, -0.2) is 0 Å². The van der Waals surface area contributed by atoms with E-state index in [0.717, 1.165) is 11.4 Å². The lowest BCUT2D eigenvalue weighted by atomic mass is 9.61. The summed E-state index contributed by atoms with van der Waals surface area (Å²) in [5.41, 5.74) is 16.6. The molecule has 0 saturated heterocycles. The molecule has 0 amide bonds. The van der Waals surface area contributed by atoms with Crippen molar-refractivity contribution in [3.05, 3.63) is 197 Å². The van der Waals surface area contributed by atoms with E-state index < -0.39 is 5.41 Å². The number of rotatable bonds is 3. The largest absolute Gasteiger partial charge is 0.310 e. The van der Waals surface area contributed by atoms with E-state index in [0.29, 0.717) is 0 Å². The van der Waals surface area contributed by atoms with Gasteiger partial charge in [0.15, 0.2) is 0 Å². The molecule has 1 aromatic heterocycles. The van der Waals surface area contributed by atoms with Crippen molar-refractivity contribution in [3.63, 3.8) is 0 Å². The van der Waals surface area contributed by atoms with Gasteiger partial charge >= 0.3 is 0 Å². The van der Waals surface area contributed by atoms with Gasteiger partial charge in [-0.15, -0.1) is 11.3 Å². The Balaban J connectivity index is 1.27. The van der Waals surface area contributed by atoms with Crippen LogP contribution in [0.4, 0.5) is 17.1 Å². The molecule has 0 radical (unpaired) electrons. The number of thiophene rings is 1. The van der Waals surface area contributed by atoms with Crippen molar-refractivity contribution in [2.24, 2.45) is 0 Å². The second kappa shape index (κ2) is 12.0. The molecule has 2 heteroatoms. The van der Waals surface area contributed by atoms with Gasteiger partial charge in [0.25, 0.3) is 0 Å². The van der Waals surface area contributed by atoms with Gasteiger partial charge in [-0.3, -0.25) is 0 Å². The van der Waals surface area contributed by atoms with E-state index in [1.165, 1.54) is 92.3 Å². The topological polar surface area (TPSA) is 3.24 Å². The average molecular weight is 752 g/mol. The van der Waals surface area contributed by atoms with Crippen LogP contribution in [0, 0.1) is 0 Å². The van der Waals surface area contributed by atoms with Crippen molar-refractivity contribution in [1.29, 1.82) is 0 Å². The zero-order chi connectivity index (χ0) is 38.8. The maximum absolute atomic E-state index is 2.49. The maximum Gasteiger partial charge on any atom is 0.0726 e. The number of hydrogen-bond donors (Lipinski definition) is 0. The minimum atomic E-state index is -0.488. The SMILES string of the molecule is CC(C)(C)c1ccc(N(c2ccc(C(C)(C)C)cc2)c2ccc3c4c(cccc24)C2(c4ccccc4-c4ccccc42)c2ccc4sc5ccccc5c4c2-3)cc1. The van der Waals surface area contributed by atoms with Crippen molar-refractivity contribution >= 4 is 59.3 Å². The molecule has 0 aliphatic heterocycles. The van der Waals surface area contributed by atoms with Gasteiger partial charge in [-0.2, -0.15) is 0 Å². The highest BCUT2D eigenvalue weighted by molar-refractivity contribution is 7.26. The number of fused-ring (bicyclic) bond motifs is 13. The highest BCUT2D eigenvalue weighted by Gasteiger charge is 2.50. The minimum Gasteiger partial charge on any atom is -0.310 e. The summed E-state index contributed by atoms with van der Waals surface area (Å²) < 4.78 is 2.67. The first-order chi connectivity index (χ1) is 27.5. The highest BCUT2D eigenvalue weighted by atomic mass is 32.1. The molecule has 276 valence electrons. The van der Waals surface area contributed by atoms with Gasteiger partial charge < -0.3 is 4.90 Å². The third-order valence-corrected chi connectivity index (χ3v) is 14.0. The summed E-state index contributed by atoms with van der Waals surface area (Å²) in [6, 6.07) is 62.6. The van der Waals surface area contributed by atoms with Gasteiger partial charge in [0, 0.05) is 36.9 Å². The molecule has 11 rings (SSSR count). The van der Waals surface area contributed by atoms with Crippen LogP contribution >= 0.6 is 11.3 Å². The van der Waals surface area contributed by atoms with Gasteiger partial charge in [-0.1, -0.05) is 163 Å². The van der Waals surface area contributed by atoms with E-state index in [-0.39, 0.29) is 10.8 Å². The fourth-order valence-electron chi connectivity index (χ4n) is 10.1. The first kappa shape index (κ1) is 34.3.